The van der Waals surface area contributed by atoms with Crippen LogP contribution in [0, 0.1) is 0 Å². The van der Waals surface area contributed by atoms with Gasteiger partial charge in [0.15, 0.2) is 11.5 Å². The molecule has 0 radical (unpaired) electrons. The first-order valence-electron chi connectivity index (χ1n) is 13.4. The van der Waals surface area contributed by atoms with Crippen molar-refractivity contribution in [2.45, 2.75) is 57.5 Å². The van der Waals surface area contributed by atoms with Crippen LogP contribution in [0.3, 0.4) is 0 Å². The van der Waals surface area contributed by atoms with Crippen LogP contribution in [0.2, 0.25) is 0 Å². The van der Waals surface area contributed by atoms with Gasteiger partial charge in [0.25, 0.3) is 0 Å². The SMILES string of the molecule is c1cc(N2CCCCC2)c2nc(-c3n[nH]c4cnc(-c5cncc(OC6CCCCC6)c5)cc34)[nH]c2n1. The Hall–Kier alpha value is -4.01. The van der Waals surface area contributed by atoms with Gasteiger partial charge in [-0.15, -0.1) is 0 Å². The van der Waals surface area contributed by atoms with Crippen LogP contribution in [-0.2, 0) is 0 Å². The van der Waals surface area contributed by atoms with Crippen molar-refractivity contribution in [2.24, 2.45) is 0 Å². The Morgan fingerprint density at radius 3 is 2.68 bits per heavy atom. The lowest BCUT2D eigenvalue weighted by Crippen LogP contribution is -2.29. The predicted molar refractivity (Wildman–Crippen MR) is 144 cm³/mol. The highest BCUT2D eigenvalue weighted by Gasteiger charge is 2.20. The Morgan fingerprint density at radius 1 is 0.919 bits per heavy atom. The number of aromatic amines is 2. The molecule has 188 valence electrons. The number of ether oxygens (including phenoxy) is 1. The van der Waals surface area contributed by atoms with E-state index in [2.05, 4.69) is 41.1 Å². The van der Waals surface area contributed by atoms with Crippen molar-refractivity contribution in [1.82, 2.24) is 35.1 Å². The fourth-order valence-electron chi connectivity index (χ4n) is 5.65. The number of piperidine rings is 1. The molecule has 2 fully saturated rings. The smallest absolute Gasteiger partial charge is 0.161 e. The minimum atomic E-state index is 0.276. The van der Waals surface area contributed by atoms with Crippen molar-refractivity contribution >= 4 is 27.8 Å². The highest BCUT2D eigenvalue weighted by Crippen LogP contribution is 2.33. The Balaban J connectivity index is 1.23. The molecule has 2 N–H and O–H groups in total. The molecule has 5 aromatic heterocycles. The molecule has 5 aromatic rings. The number of imidazole rings is 1. The van der Waals surface area contributed by atoms with Crippen molar-refractivity contribution in [3.63, 3.8) is 0 Å². The van der Waals surface area contributed by atoms with Gasteiger partial charge in [-0.3, -0.25) is 15.1 Å². The normalized spacial score (nSPS) is 17.0. The lowest BCUT2D eigenvalue weighted by Gasteiger charge is -2.28. The van der Waals surface area contributed by atoms with Gasteiger partial charge in [-0.25, -0.2) is 9.97 Å². The zero-order chi connectivity index (χ0) is 24.6. The van der Waals surface area contributed by atoms with Crippen molar-refractivity contribution < 1.29 is 4.74 Å². The summed E-state index contributed by atoms with van der Waals surface area (Å²) < 4.78 is 6.24. The molecule has 7 rings (SSSR count). The van der Waals surface area contributed by atoms with E-state index in [-0.39, 0.29) is 6.10 Å². The highest BCUT2D eigenvalue weighted by atomic mass is 16.5. The maximum atomic E-state index is 6.24. The zero-order valence-electron chi connectivity index (χ0n) is 20.8. The first kappa shape index (κ1) is 22.2. The fraction of sp³-hybridized carbons (Fsp3) is 0.393. The number of pyridine rings is 3. The van der Waals surface area contributed by atoms with E-state index in [0.717, 1.165) is 76.4 Å². The molecule has 9 heteroatoms. The number of anilines is 1. The molecule has 0 aromatic carbocycles. The molecule has 0 spiro atoms. The van der Waals surface area contributed by atoms with Gasteiger partial charge in [-0.1, -0.05) is 6.42 Å². The summed E-state index contributed by atoms with van der Waals surface area (Å²) in [6.45, 7) is 2.11. The van der Waals surface area contributed by atoms with E-state index in [9.17, 15) is 0 Å². The number of H-pyrrole nitrogens is 2. The second-order valence-corrected chi connectivity index (χ2v) is 10.1. The standard InChI is InChI=1S/C28H30N8O/c1-3-7-19(8-4-1)37-20-13-18(15-29-16-20)22-14-21-23(17-31-22)34-35-25(21)28-32-26-24(9-10-30-27(26)33-28)36-11-5-2-6-12-36/h9-10,13-17,19H,1-8,11-12H2,(H,34,35)(H,30,32,33). The van der Waals surface area contributed by atoms with Crippen LogP contribution in [0.5, 0.6) is 5.75 Å². The summed E-state index contributed by atoms with van der Waals surface area (Å²) in [6.07, 6.45) is 17.3. The first-order valence-corrected chi connectivity index (χ1v) is 13.4. The van der Waals surface area contributed by atoms with Crippen molar-refractivity contribution in [3.05, 3.63) is 43.0 Å². The third kappa shape index (κ3) is 4.28. The lowest BCUT2D eigenvalue weighted by atomic mass is 9.98. The number of aromatic nitrogens is 7. The molecule has 9 nitrogen and oxygen atoms in total. The van der Waals surface area contributed by atoms with Gasteiger partial charge in [0.05, 0.1) is 35.4 Å². The minimum absolute atomic E-state index is 0.276. The van der Waals surface area contributed by atoms with Crippen LogP contribution < -0.4 is 9.64 Å². The second-order valence-electron chi connectivity index (χ2n) is 10.1. The molecule has 1 aliphatic heterocycles. The Labute approximate surface area is 214 Å². The number of hydrogen-bond acceptors (Lipinski definition) is 7. The number of hydrogen-bond donors (Lipinski definition) is 2. The molecule has 1 saturated carbocycles. The van der Waals surface area contributed by atoms with E-state index in [1.54, 1.807) is 6.20 Å². The minimum Gasteiger partial charge on any atom is -0.489 e. The van der Waals surface area contributed by atoms with Gasteiger partial charge in [0, 0.05) is 36.4 Å². The van der Waals surface area contributed by atoms with Gasteiger partial charge in [-0.2, -0.15) is 5.10 Å². The van der Waals surface area contributed by atoms with Crippen LogP contribution in [0.15, 0.2) is 43.0 Å². The molecule has 1 aliphatic carbocycles. The van der Waals surface area contributed by atoms with E-state index in [4.69, 9.17) is 9.72 Å². The van der Waals surface area contributed by atoms with Crippen LogP contribution in [0.4, 0.5) is 5.69 Å². The molecule has 0 bridgehead atoms. The van der Waals surface area contributed by atoms with Gasteiger partial charge in [0.2, 0.25) is 0 Å². The largest absolute Gasteiger partial charge is 0.489 e. The number of rotatable bonds is 5. The predicted octanol–water partition coefficient (Wildman–Crippen LogP) is 5.66. The third-order valence-corrected chi connectivity index (χ3v) is 7.60. The van der Waals surface area contributed by atoms with Gasteiger partial charge >= 0.3 is 0 Å². The fourth-order valence-corrected chi connectivity index (χ4v) is 5.65. The highest BCUT2D eigenvalue weighted by molar-refractivity contribution is 5.95. The summed E-state index contributed by atoms with van der Waals surface area (Å²) in [6, 6.07) is 6.14. The van der Waals surface area contributed by atoms with E-state index in [1.165, 1.54) is 38.5 Å². The van der Waals surface area contributed by atoms with Crippen LogP contribution in [0.25, 0.3) is 44.8 Å². The summed E-state index contributed by atoms with van der Waals surface area (Å²) in [5.41, 5.74) is 6.15. The first-order chi connectivity index (χ1) is 18.3. The maximum Gasteiger partial charge on any atom is 0.161 e. The van der Waals surface area contributed by atoms with E-state index >= 15 is 0 Å². The van der Waals surface area contributed by atoms with Crippen molar-refractivity contribution in [1.29, 1.82) is 0 Å². The molecule has 1 saturated heterocycles. The Bertz CT molecular complexity index is 1540. The van der Waals surface area contributed by atoms with Gasteiger partial charge in [-0.05, 0) is 63.1 Å². The van der Waals surface area contributed by atoms with Crippen LogP contribution in [0.1, 0.15) is 51.4 Å². The topological polar surface area (TPSA) is 109 Å². The lowest BCUT2D eigenvalue weighted by molar-refractivity contribution is 0.154. The maximum absolute atomic E-state index is 6.24. The summed E-state index contributed by atoms with van der Waals surface area (Å²) >= 11 is 0. The average molecular weight is 495 g/mol. The van der Waals surface area contributed by atoms with Crippen LogP contribution in [-0.4, -0.2) is 54.3 Å². The van der Waals surface area contributed by atoms with Crippen molar-refractivity contribution in [3.8, 4) is 28.5 Å². The molecular formula is C28H30N8O. The molecule has 0 atom stereocenters. The molecule has 0 amide bonds. The monoisotopic (exact) mass is 494 g/mol. The van der Waals surface area contributed by atoms with E-state index in [0.29, 0.717) is 5.82 Å². The summed E-state index contributed by atoms with van der Waals surface area (Å²) in [5, 5.41) is 8.65. The molecule has 37 heavy (non-hydrogen) atoms. The van der Waals surface area contributed by atoms with E-state index in [1.807, 2.05) is 30.7 Å². The summed E-state index contributed by atoms with van der Waals surface area (Å²) in [7, 11) is 0. The zero-order valence-corrected chi connectivity index (χ0v) is 20.8. The summed E-state index contributed by atoms with van der Waals surface area (Å²) in [5.74, 6) is 1.50. The molecular weight excluding hydrogens is 464 g/mol. The van der Waals surface area contributed by atoms with Crippen LogP contribution >= 0.6 is 0 Å². The Kier molecular flexibility index (Phi) is 5.68. The number of fused-ring (bicyclic) bond motifs is 2. The number of nitrogens with one attached hydrogen (secondary N) is 2. The number of nitrogens with zero attached hydrogens (tertiary/aromatic N) is 6. The average Bonchev–Trinajstić information content (AvgIpc) is 3.58. The summed E-state index contributed by atoms with van der Waals surface area (Å²) in [4.78, 5) is 24.4. The van der Waals surface area contributed by atoms with Gasteiger partial charge in [0.1, 0.15) is 17.0 Å². The van der Waals surface area contributed by atoms with Gasteiger partial charge < -0.3 is 14.6 Å². The molecule has 0 unspecified atom stereocenters. The van der Waals surface area contributed by atoms with Crippen molar-refractivity contribution in [2.75, 3.05) is 18.0 Å². The molecule has 6 heterocycles. The third-order valence-electron chi connectivity index (χ3n) is 7.60. The second kappa shape index (κ2) is 9.46. The quantitative estimate of drug-likeness (QED) is 0.324. The Morgan fingerprint density at radius 2 is 1.78 bits per heavy atom. The molecule has 2 aliphatic rings. The van der Waals surface area contributed by atoms with E-state index < -0.39 is 0 Å².